The number of hydrogen-bond donors (Lipinski definition) is 3. The van der Waals surface area contributed by atoms with Crippen molar-refractivity contribution in [3.63, 3.8) is 0 Å². The Bertz CT molecular complexity index is 730. The lowest BCUT2D eigenvalue weighted by molar-refractivity contribution is -0.146. The molecule has 0 radical (unpaired) electrons. The molecule has 4 nitrogen and oxygen atoms in total. The molecule has 1 aromatic rings. The summed E-state index contributed by atoms with van der Waals surface area (Å²) in [7, 11) is 0. The molecule has 0 aliphatic heterocycles. The smallest absolute Gasteiger partial charge is 0.331 e. The number of carbonyl (C=O) groups is 1. The van der Waals surface area contributed by atoms with Crippen molar-refractivity contribution in [1.82, 2.24) is 10.9 Å². The van der Waals surface area contributed by atoms with E-state index in [2.05, 4.69) is 16.2 Å². The fraction of sp³-hybridized carbons (Fsp3) is 0.579. The van der Waals surface area contributed by atoms with Crippen LogP contribution in [-0.4, -0.2) is 11.0 Å². The zero-order chi connectivity index (χ0) is 19.2. The van der Waals surface area contributed by atoms with Gasteiger partial charge in [-0.1, -0.05) is 12.1 Å². The lowest BCUT2D eigenvalue weighted by Crippen LogP contribution is -2.57. The second-order valence-electron chi connectivity index (χ2n) is 8.27. The molecule has 4 aliphatic carbocycles. The molecular weight excluding hydrogens is 375 g/mol. The van der Waals surface area contributed by atoms with E-state index in [4.69, 9.17) is 12.2 Å². The number of halogens is 3. The van der Waals surface area contributed by atoms with Crippen molar-refractivity contribution < 1.29 is 18.0 Å². The van der Waals surface area contributed by atoms with Crippen LogP contribution in [-0.2, 0) is 11.0 Å². The second kappa shape index (κ2) is 6.65. The molecule has 146 valence electrons. The fourth-order valence-electron chi connectivity index (χ4n) is 5.63. The molecule has 0 atom stereocenters. The summed E-state index contributed by atoms with van der Waals surface area (Å²) in [6.45, 7) is 0. The Hall–Kier alpha value is -1.83. The maximum atomic E-state index is 13.1. The van der Waals surface area contributed by atoms with E-state index < -0.39 is 11.7 Å². The van der Waals surface area contributed by atoms with E-state index in [1.54, 1.807) is 0 Å². The molecule has 0 spiro atoms. The Labute approximate surface area is 161 Å². The molecule has 4 saturated carbocycles. The van der Waals surface area contributed by atoms with Gasteiger partial charge in [0.1, 0.15) is 0 Å². The highest BCUT2D eigenvalue weighted by atomic mass is 32.1. The van der Waals surface area contributed by atoms with Crippen LogP contribution in [0.4, 0.5) is 18.9 Å². The van der Waals surface area contributed by atoms with Crippen LogP contribution in [0, 0.1) is 23.2 Å². The van der Waals surface area contributed by atoms with Crippen LogP contribution in [0.25, 0.3) is 0 Å². The van der Waals surface area contributed by atoms with Gasteiger partial charge in [0.2, 0.25) is 5.91 Å². The molecular formula is C19H22F3N3OS. The number of benzene rings is 1. The van der Waals surface area contributed by atoms with E-state index in [1.807, 2.05) is 0 Å². The third kappa shape index (κ3) is 3.63. The highest BCUT2D eigenvalue weighted by Gasteiger charge is 2.54. The molecule has 0 unspecified atom stereocenters. The third-order valence-corrected chi connectivity index (χ3v) is 6.49. The Morgan fingerprint density at radius 2 is 1.56 bits per heavy atom. The predicted octanol–water partition coefficient (Wildman–Crippen LogP) is 4.24. The SMILES string of the molecule is O=C(NNC(=S)Nc1ccccc1C(F)(F)F)C12CC3CC(CC(C3)C1)C2. The lowest BCUT2D eigenvalue weighted by atomic mass is 9.49. The first-order valence-electron chi connectivity index (χ1n) is 9.29. The summed E-state index contributed by atoms with van der Waals surface area (Å²) in [6.07, 6.45) is 1.93. The molecule has 27 heavy (non-hydrogen) atoms. The molecule has 0 heterocycles. The summed E-state index contributed by atoms with van der Waals surface area (Å²) in [6, 6.07) is 5.10. The number of hydrazine groups is 1. The van der Waals surface area contributed by atoms with Crippen LogP contribution in [0.3, 0.4) is 0 Å². The first-order valence-corrected chi connectivity index (χ1v) is 9.70. The summed E-state index contributed by atoms with van der Waals surface area (Å²) >= 11 is 5.08. The number of rotatable bonds is 2. The maximum Gasteiger partial charge on any atom is 0.418 e. The van der Waals surface area contributed by atoms with E-state index in [1.165, 1.54) is 37.5 Å². The molecule has 1 aromatic carbocycles. The minimum atomic E-state index is -4.48. The van der Waals surface area contributed by atoms with E-state index in [0.717, 1.165) is 25.3 Å². The van der Waals surface area contributed by atoms with Crippen molar-refractivity contribution in [1.29, 1.82) is 0 Å². The second-order valence-corrected chi connectivity index (χ2v) is 8.68. The molecule has 5 rings (SSSR count). The van der Waals surface area contributed by atoms with Crippen LogP contribution >= 0.6 is 12.2 Å². The van der Waals surface area contributed by atoms with Gasteiger partial charge in [-0.25, -0.2) is 0 Å². The molecule has 1 amide bonds. The highest BCUT2D eigenvalue weighted by molar-refractivity contribution is 7.80. The lowest BCUT2D eigenvalue weighted by Gasteiger charge is -2.55. The Balaban J connectivity index is 1.37. The van der Waals surface area contributed by atoms with Gasteiger partial charge in [0.15, 0.2) is 5.11 Å². The standard InChI is InChI=1S/C19H22F3N3OS/c20-19(21,22)14-3-1-2-4-15(14)23-17(27)25-24-16(26)18-8-11-5-12(9-18)7-13(6-11)10-18/h1-4,11-13H,5-10H2,(H,24,26)(H2,23,25,27). The summed E-state index contributed by atoms with van der Waals surface area (Å²) in [5.74, 6) is 1.80. The zero-order valence-corrected chi connectivity index (χ0v) is 15.6. The largest absolute Gasteiger partial charge is 0.418 e. The van der Waals surface area contributed by atoms with Crippen molar-refractivity contribution in [2.24, 2.45) is 23.2 Å². The van der Waals surface area contributed by atoms with Crippen molar-refractivity contribution in [3.8, 4) is 0 Å². The molecule has 0 saturated heterocycles. The van der Waals surface area contributed by atoms with Crippen molar-refractivity contribution in [3.05, 3.63) is 29.8 Å². The molecule has 8 heteroatoms. The van der Waals surface area contributed by atoms with Crippen LogP contribution in [0.2, 0.25) is 0 Å². The van der Waals surface area contributed by atoms with Crippen molar-refractivity contribution >= 4 is 28.9 Å². The average molecular weight is 397 g/mol. The van der Waals surface area contributed by atoms with Crippen LogP contribution in [0.1, 0.15) is 44.1 Å². The monoisotopic (exact) mass is 397 g/mol. The maximum absolute atomic E-state index is 13.1. The minimum absolute atomic E-state index is 0.0650. The minimum Gasteiger partial charge on any atom is -0.331 e. The van der Waals surface area contributed by atoms with Gasteiger partial charge in [-0.05, 0) is 80.6 Å². The van der Waals surface area contributed by atoms with Gasteiger partial charge in [-0.3, -0.25) is 15.6 Å². The van der Waals surface area contributed by atoms with Gasteiger partial charge in [0.25, 0.3) is 0 Å². The number of carbonyl (C=O) groups excluding carboxylic acids is 1. The number of thiocarbonyl (C=S) groups is 1. The van der Waals surface area contributed by atoms with Gasteiger partial charge in [0, 0.05) is 0 Å². The van der Waals surface area contributed by atoms with Gasteiger partial charge in [-0.2, -0.15) is 13.2 Å². The quantitative estimate of drug-likeness (QED) is 0.516. The highest BCUT2D eigenvalue weighted by Crippen LogP contribution is 2.60. The molecule has 4 fully saturated rings. The Kier molecular flexibility index (Phi) is 4.56. The van der Waals surface area contributed by atoms with Crippen molar-refractivity contribution in [2.75, 3.05) is 5.32 Å². The van der Waals surface area contributed by atoms with E-state index >= 15 is 0 Å². The van der Waals surface area contributed by atoms with Crippen LogP contribution in [0.15, 0.2) is 24.3 Å². The van der Waals surface area contributed by atoms with Gasteiger partial charge in [0.05, 0.1) is 16.7 Å². The number of hydrogen-bond acceptors (Lipinski definition) is 2. The normalized spacial score (nSPS) is 31.4. The Morgan fingerprint density at radius 3 is 2.11 bits per heavy atom. The molecule has 0 aromatic heterocycles. The first kappa shape index (κ1) is 18.5. The Morgan fingerprint density at radius 1 is 1.00 bits per heavy atom. The predicted molar refractivity (Wildman–Crippen MR) is 99.5 cm³/mol. The number of nitrogens with one attached hydrogen (secondary N) is 3. The average Bonchev–Trinajstić information content (AvgIpc) is 2.58. The van der Waals surface area contributed by atoms with Crippen LogP contribution < -0.4 is 16.2 Å². The number of anilines is 1. The number of amides is 1. The summed E-state index contributed by atoms with van der Waals surface area (Å²) in [5, 5.41) is 2.47. The fourth-order valence-corrected chi connectivity index (χ4v) is 5.79. The van der Waals surface area contributed by atoms with Crippen molar-refractivity contribution in [2.45, 2.75) is 44.7 Å². The molecule has 4 bridgehead atoms. The topological polar surface area (TPSA) is 53.2 Å². The summed E-state index contributed by atoms with van der Waals surface area (Å²) in [4.78, 5) is 12.8. The summed E-state index contributed by atoms with van der Waals surface area (Å²) in [5.41, 5.74) is 3.94. The van der Waals surface area contributed by atoms with Crippen LogP contribution in [0.5, 0.6) is 0 Å². The number of para-hydroxylation sites is 1. The molecule has 3 N–H and O–H groups in total. The van der Waals surface area contributed by atoms with Gasteiger partial charge < -0.3 is 5.32 Å². The van der Waals surface area contributed by atoms with E-state index in [9.17, 15) is 18.0 Å². The van der Waals surface area contributed by atoms with Gasteiger partial charge >= 0.3 is 6.18 Å². The third-order valence-electron chi connectivity index (χ3n) is 6.29. The number of alkyl halides is 3. The summed E-state index contributed by atoms with van der Waals surface area (Å²) < 4.78 is 39.2. The molecule has 4 aliphatic rings. The van der Waals surface area contributed by atoms with E-state index in [0.29, 0.717) is 17.8 Å². The van der Waals surface area contributed by atoms with E-state index in [-0.39, 0.29) is 22.1 Å². The first-order chi connectivity index (χ1) is 12.7. The van der Waals surface area contributed by atoms with Gasteiger partial charge in [-0.15, -0.1) is 0 Å². The zero-order valence-electron chi connectivity index (χ0n) is 14.7.